The zero-order valence-corrected chi connectivity index (χ0v) is 9.69. The smallest absolute Gasteiger partial charge is 0.407 e. The molecule has 2 atom stereocenters. The number of hydrogen-bond acceptors (Lipinski definition) is 3. The molecule has 3 fully saturated rings. The highest BCUT2D eigenvalue weighted by molar-refractivity contribution is 5.76. The van der Waals surface area contributed by atoms with E-state index < -0.39 is 17.7 Å². The number of alkyl carbamates (subject to hydrolysis) is 1. The van der Waals surface area contributed by atoms with Crippen LogP contribution in [0.25, 0.3) is 0 Å². The second kappa shape index (κ2) is 3.37. The molecule has 1 amide bonds. The van der Waals surface area contributed by atoms with Crippen LogP contribution in [0.2, 0.25) is 0 Å². The quantitative estimate of drug-likeness (QED) is 0.744. The van der Waals surface area contributed by atoms with E-state index in [1.165, 1.54) is 0 Å². The Bertz CT molecular complexity index is 323. The molecule has 2 bridgehead atoms. The molecule has 16 heavy (non-hydrogen) atoms. The third kappa shape index (κ3) is 1.74. The van der Waals surface area contributed by atoms with Gasteiger partial charge < -0.3 is 15.2 Å². The Balaban J connectivity index is 1.78. The van der Waals surface area contributed by atoms with Gasteiger partial charge in [-0.3, -0.25) is 4.79 Å². The van der Waals surface area contributed by atoms with Gasteiger partial charge in [0.2, 0.25) is 0 Å². The maximum Gasteiger partial charge on any atom is 0.407 e. The lowest BCUT2D eigenvalue weighted by Crippen LogP contribution is -2.72. The predicted octanol–water partition coefficient (Wildman–Crippen LogP) is 1.23. The molecule has 2 N–H and O–H groups in total. The van der Waals surface area contributed by atoms with Gasteiger partial charge in [-0.05, 0) is 39.0 Å². The summed E-state index contributed by atoms with van der Waals surface area (Å²) in [5, 5.41) is 11.6. The molecule has 0 aromatic rings. The number of ether oxygens (including phenoxy) is 1. The molecule has 5 nitrogen and oxygen atoms in total. The largest absolute Gasteiger partial charge is 0.481 e. The maximum absolute atomic E-state index is 11.4. The summed E-state index contributed by atoms with van der Waals surface area (Å²) in [6, 6.07) is 0.0101. The Morgan fingerprint density at radius 1 is 1.31 bits per heavy atom. The Hall–Kier alpha value is -1.26. The SMILES string of the molecule is CC(C)(C)OC(=O)NC1C2CC1C2C(=O)O. The van der Waals surface area contributed by atoms with E-state index in [0.717, 1.165) is 6.42 Å². The van der Waals surface area contributed by atoms with E-state index in [1.54, 1.807) is 20.8 Å². The average Bonchev–Trinajstić information content (AvgIpc) is 1.91. The fraction of sp³-hybridized carbons (Fsp3) is 0.818. The molecule has 0 aromatic carbocycles. The highest BCUT2D eigenvalue weighted by Crippen LogP contribution is 2.58. The van der Waals surface area contributed by atoms with Crippen LogP contribution >= 0.6 is 0 Å². The molecule has 0 aromatic heterocycles. The number of hydrogen-bond donors (Lipinski definition) is 2. The second-order valence-corrected chi connectivity index (χ2v) is 5.60. The zero-order valence-electron chi connectivity index (χ0n) is 9.69. The minimum atomic E-state index is -0.747. The summed E-state index contributed by atoms with van der Waals surface area (Å²) in [4.78, 5) is 22.2. The van der Waals surface area contributed by atoms with Crippen molar-refractivity contribution in [3.8, 4) is 0 Å². The second-order valence-electron chi connectivity index (χ2n) is 5.60. The molecule has 90 valence electrons. The van der Waals surface area contributed by atoms with Crippen LogP contribution in [0.1, 0.15) is 27.2 Å². The van der Waals surface area contributed by atoms with E-state index in [4.69, 9.17) is 9.84 Å². The summed E-state index contributed by atoms with van der Waals surface area (Å²) in [5.74, 6) is -0.784. The number of amides is 1. The fourth-order valence-electron chi connectivity index (χ4n) is 2.47. The first-order chi connectivity index (χ1) is 7.29. The maximum atomic E-state index is 11.4. The van der Waals surface area contributed by atoms with Crippen LogP contribution in [0.5, 0.6) is 0 Å². The van der Waals surface area contributed by atoms with Gasteiger partial charge in [-0.25, -0.2) is 4.79 Å². The number of carboxylic acids is 1. The van der Waals surface area contributed by atoms with E-state index in [9.17, 15) is 9.59 Å². The van der Waals surface area contributed by atoms with Gasteiger partial charge in [-0.15, -0.1) is 0 Å². The van der Waals surface area contributed by atoms with Crippen molar-refractivity contribution in [3.63, 3.8) is 0 Å². The van der Waals surface area contributed by atoms with Crippen LogP contribution in [-0.4, -0.2) is 28.8 Å². The van der Waals surface area contributed by atoms with Crippen LogP contribution in [0, 0.1) is 17.8 Å². The summed E-state index contributed by atoms with van der Waals surface area (Å²) in [6.07, 6.45) is 0.466. The monoisotopic (exact) mass is 227 g/mol. The van der Waals surface area contributed by atoms with Gasteiger partial charge in [0.05, 0.1) is 5.92 Å². The van der Waals surface area contributed by atoms with Crippen LogP contribution < -0.4 is 5.32 Å². The topological polar surface area (TPSA) is 75.6 Å². The number of carbonyl (C=O) groups is 2. The van der Waals surface area contributed by atoms with Crippen LogP contribution in [0.3, 0.4) is 0 Å². The third-order valence-corrected chi connectivity index (χ3v) is 3.36. The summed E-state index contributed by atoms with van der Waals surface area (Å²) in [7, 11) is 0. The summed E-state index contributed by atoms with van der Waals surface area (Å²) >= 11 is 0. The molecule has 3 aliphatic rings. The van der Waals surface area contributed by atoms with Gasteiger partial charge >= 0.3 is 12.1 Å². The minimum Gasteiger partial charge on any atom is -0.481 e. The molecule has 0 aliphatic heterocycles. The Kier molecular flexibility index (Phi) is 2.36. The Morgan fingerprint density at radius 3 is 2.25 bits per heavy atom. The number of carboxylic acid groups (broad SMARTS) is 1. The highest BCUT2D eigenvalue weighted by Gasteiger charge is 2.65. The molecule has 5 heteroatoms. The van der Waals surface area contributed by atoms with E-state index in [1.807, 2.05) is 0 Å². The lowest BCUT2D eigenvalue weighted by molar-refractivity contribution is -0.181. The highest BCUT2D eigenvalue weighted by atomic mass is 16.6. The molecule has 3 aliphatic carbocycles. The number of nitrogens with one attached hydrogen (secondary N) is 1. The molecule has 0 saturated heterocycles. The van der Waals surface area contributed by atoms with Gasteiger partial charge in [0.25, 0.3) is 0 Å². The predicted molar refractivity (Wildman–Crippen MR) is 55.9 cm³/mol. The minimum absolute atomic E-state index is 0.0101. The first-order valence-electron chi connectivity index (χ1n) is 5.52. The number of rotatable bonds is 2. The fourth-order valence-corrected chi connectivity index (χ4v) is 2.47. The van der Waals surface area contributed by atoms with Crippen molar-refractivity contribution in [2.75, 3.05) is 0 Å². The van der Waals surface area contributed by atoms with Crippen LogP contribution in [-0.2, 0) is 9.53 Å². The van der Waals surface area contributed by atoms with Crippen molar-refractivity contribution < 1.29 is 19.4 Å². The standard InChI is InChI=1S/C11H17NO4/c1-11(2,3)16-10(15)12-8-5-4-6(8)7(5)9(13)14/h5-8H,4H2,1-3H3,(H,12,15)(H,13,14). The van der Waals surface area contributed by atoms with E-state index in [0.29, 0.717) is 0 Å². The Labute approximate surface area is 94.2 Å². The third-order valence-electron chi connectivity index (χ3n) is 3.36. The van der Waals surface area contributed by atoms with E-state index in [-0.39, 0.29) is 23.8 Å². The van der Waals surface area contributed by atoms with Gasteiger partial charge in [0.1, 0.15) is 5.60 Å². The van der Waals surface area contributed by atoms with Crippen molar-refractivity contribution in [1.29, 1.82) is 0 Å². The summed E-state index contributed by atoms with van der Waals surface area (Å²) in [6.45, 7) is 5.40. The molecule has 3 saturated carbocycles. The van der Waals surface area contributed by atoms with Gasteiger partial charge in [0, 0.05) is 6.04 Å². The molecule has 2 unspecified atom stereocenters. The Morgan fingerprint density at radius 2 is 1.88 bits per heavy atom. The molecular weight excluding hydrogens is 210 g/mol. The summed E-state index contributed by atoms with van der Waals surface area (Å²) < 4.78 is 5.11. The molecule has 0 spiro atoms. The summed E-state index contributed by atoms with van der Waals surface area (Å²) in [5.41, 5.74) is -0.510. The van der Waals surface area contributed by atoms with Crippen molar-refractivity contribution >= 4 is 12.1 Å². The molecule has 0 radical (unpaired) electrons. The lowest BCUT2D eigenvalue weighted by atomic mass is 9.44. The molecule has 3 rings (SSSR count). The first-order valence-corrected chi connectivity index (χ1v) is 5.52. The van der Waals surface area contributed by atoms with Crippen molar-refractivity contribution in [2.24, 2.45) is 17.8 Å². The zero-order chi connectivity index (χ0) is 12.1. The van der Waals surface area contributed by atoms with E-state index in [2.05, 4.69) is 5.32 Å². The van der Waals surface area contributed by atoms with E-state index >= 15 is 0 Å². The lowest BCUT2D eigenvalue weighted by Gasteiger charge is -2.62. The van der Waals surface area contributed by atoms with Crippen LogP contribution in [0.4, 0.5) is 4.79 Å². The van der Waals surface area contributed by atoms with Gasteiger partial charge in [-0.2, -0.15) is 0 Å². The van der Waals surface area contributed by atoms with Crippen molar-refractivity contribution in [2.45, 2.75) is 38.8 Å². The van der Waals surface area contributed by atoms with Crippen molar-refractivity contribution in [3.05, 3.63) is 0 Å². The first kappa shape index (κ1) is 11.2. The number of aliphatic carboxylic acids is 1. The molecule has 0 heterocycles. The molecular formula is C11H17NO4. The normalized spacial score (nSPS) is 35.7. The average molecular weight is 227 g/mol. The van der Waals surface area contributed by atoms with Gasteiger partial charge in [-0.1, -0.05) is 0 Å². The van der Waals surface area contributed by atoms with Crippen LogP contribution in [0.15, 0.2) is 0 Å². The van der Waals surface area contributed by atoms with Crippen molar-refractivity contribution in [1.82, 2.24) is 5.32 Å². The van der Waals surface area contributed by atoms with Gasteiger partial charge in [0.15, 0.2) is 0 Å². The number of carbonyl (C=O) groups excluding carboxylic acids is 1.